The molecule has 0 aliphatic carbocycles. The molecular weight excluding hydrogens is 362 g/mol. The summed E-state index contributed by atoms with van der Waals surface area (Å²) in [5.74, 6) is -2.62. The summed E-state index contributed by atoms with van der Waals surface area (Å²) in [6.07, 6.45) is 0. The van der Waals surface area contributed by atoms with Crippen LogP contribution >= 0.6 is 0 Å². The van der Waals surface area contributed by atoms with E-state index in [1.54, 1.807) is 6.07 Å². The molecule has 0 N–H and O–H groups in total. The van der Waals surface area contributed by atoms with Crippen molar-refractivity contribution in [1.82, 2.24) is 9.78 Å². The molecule has 9 heteroatoms. The van der Waals surface area contributed by atoms with Gasteiger partial charge in [0.05, 0.1) is 7.11 Å². The van der Waals surface area contributed by atoms with Gasteiger partial charge in [-0.2, -0.15) is 4.68 Å². The molecule has 0 atom stereocenters. The van der Waals surface area contributed by atoms with Crippen LogP contribution in [0.25, 0.3) is 11.5 Å². The fraction of sp³-hybridized carbons (Fsp3) is 0.167. The Morgan fingerprint density at radius 2 is 1.93 bits per heavy atom. The van der Waals surface area contributed by atoms with E-state index in [-0.39, 0.29) is 18.2 Å². The van der Waals surface area contributed by atoms with E-state index in [4.69, 9.17) is 13.9 Å². The third-order valence-corrected chi connectivity index (χ3v) is 3.59. The highest BCUT2D eigenvalue weighted by atomic mass is 19.1. The molecule has 0 aliphatic rings. The van der Waals surface area contributed by atoms with Gasteiger partial charge in [-0.1, -0.05) is 6.07 Å². The number of hydrogen-bond acceptors (Lipinski definition) is 6. The van der Waals surface area contributed by atoms with Crippen LogP contribution in [0.15, 0.2) is 51.7 Å². The molecule has 0 fully saturated rings. The molecule has 0 amide bonds. The summed E-state index contributed by atoms with van der Waals surface area (Å²) in [5.41, 5.74) is 0.801. The van der Waals surface area contributed by atoms with Crippen molar-refractivity contribution in [2.75, 3.05) is 7.11 Å². The van der Waals surface area contributed by atoms with Gasteiger partial charge in [-0.3, -0.25) is 4.79 Å². The van der Waals surface area contributed by atoms with Gasteiger partial charge in [-0.15, -0.1) is 5.10 Å². The predicted molar refractivity (Wildman–Crippen MR) is 88.9 cm³/mol. The standard InChI is InChI=1S/C18H14F2N2O5/c1-25-15-7-2-11(8-14(15)20)10-26-16(23)9-22-18(24)27-17(21-22)12-3-5-13(19)6-4-12/h2-8H,9-10H2,1H3. The van der Waals surface area contributed by atoms with E-state index in [1.165, 1.54) is 43.5 Å². The molecule has 0 spiro atoms. The normalized spacial score (nSPS) is 10.6. The van der Waals surface area contributed by atoms with Crippen LogP contribution in [0.2, 0.25) is 0 Å². The molecule has 27 heavy (non-hydrogen) atoms. The molecule has 0 radical (unpaired) electrons. The number of benzene rings is 2. The lowest BCUT2D eigenvalue weighted by molar-refractivity contribution is -0.146. The minimum atomic E-state index is -0.859. The number of ether oxygens (including phenoxy) is 2. The predicted octanol–water partition coefficient (Wildman–Crippen LogP) is 2.53. The number of carbonyl (C=O) groups is 1. The largest absolute Gasteiger partial charge is 0.494 e. The Hall–Kier alpha value is -3.49. The number of hydrogen-bond donors (Lipinski definition) is 0. The van der Waals surface area contributed by atoms with Gasteiger partial charge in [-0.25, -0.2) is 13.6 Å². The van der Waals surface area contributed by atoms with Gasteiger partial charge in [0.2, 0.25) is 5.89 Å². The lowest BCUT2D eigenvalue weighted by Crippen LogP contribution is -2.22. The van der Waals surface area contributed by atoms with E-state index in [1.807, 2.05) is 0 Å². The van der Waals surface area contributed by atoms with E-state index in [2.05, 4.69) is 5.10 Å². The van der Waals surface area contributed by atoms with Crippen LogP contribution in [0.3, 0.4) is 0 Å². The van der Waals surface area contributed by atoms with Crippen molar-refractivity contribution in [1.29, 1.82) is 0 Å². The molecule has 1 heterocycles. The van der Waals surface area contributed by atoms with Gasteiger partial charge in [0.1, 0.15) is 19.0 Å². The van der Waals surface area contributed by atoms with Gasteiger partial charge in [0.15, 0.2) is 11.6 Å². The summed E-state index contributed by atoms with van der Waals surface area (Å²) >= 11 is 0. The summed E-state index contributed by atoms with van der Waals surface area (Å²) in [5, 5.41) is 3.88. The molecular formula is C18H14F2N2O5. The molecule has 1 aromatic heterocycles. The van der Waals surface area contributed by atoms with Gasteiger partial charge in [0, 0.05) is 5.56 Å². The molecule has 2 aromatic carbocycles. The van der Waals surface area contributed by atoms with Gasteiger partial charge in [-0.05, 0) is 42.0 Å². The van der Waals surface area contributed by atoms with E-state index in [0.29, 0.717) is 11.1 Å². The van der Waals surface area contributed by atoms with Crippen molar-refractivity contribution in [3.05, 3.63) is 70.2 Å². The maximum absolute atomic E-state index is 13.6. The Balaban J connectivity index is 1.63. The minimum Gasteiger partial charge on any atom is -0.494 e. The lowest BCUT2D eigenvalue weighted by atomic mass is 10.2. The zero-order valence-electron chi connectivity index (χ0n) is 14.1. The van der Waals surface area contributed by atoms with Crippen LogP contribution in [-0.4, -0.2) is 22.9 Å². The Labute approximate surface area is 151 Å². The number of aromatic nitrogens is 2. The number of rotatable bonds is 6. The van der Waals surface area contributed by atoms with Crippen LogP contribution in [0, 0.1) is 11.6 Å². The molecule has 3 rings (SSSR count). The molecule has 0 bridgehead atoms. The Morgan fingerprint density at radius 1 is 1.19 bits per heavy atom. The molecule has 7 nitrogen and oxygen atoms in total. The third kappa shape index (κ3) is 4.38. The molecule has 0 saturated carbocycles. The second-order valence-corrected chi connectivity index (χ2v) is 5.47. The van der Waals surface area contributed by atoms with Gasteiger partial charge < -0.3 is 13.9 Å². The summed E-state index contributed by atoms with van der Waals surface area (Å²) < 4.78 is 42.1. The fourth-order valence-corrected chi connectivity index (χ4v) is 2.25. The van der Waals surface area contributed by atoms with Gasteiger partial charge >= 0.3 is 11.7 Å². The third-order valence-electron chi connectivity index (χ3n) is 3.59. The summed E-state index contributed by atoms with van der Waals surface area (Å²) in [6.45, 7) is -0.667. The van der Waals surface area contributed by atoms with Crippen molar-refractivity contribution in [2.45, 2.75) is 13.2 Å². The first kappa shape index (κ1) is 18.3. The second kappa shape index (κ2) is 7.81. The number of halogens is 2. The van der Waals surface area contributed by atoms with Crippen molar-refractivity contribution < 1.29 is 27.5 Å². The Bertz CT molecular complexity index is 1010. The quantitative estimate of drug-likeness (QED) is 0.615. The SMILES string of the molecule is COc1ccc(COC(=O)Cn2nc(-c3ccc(F)cc3)oc2=O)cc1F. The summed E-state index contributed by atoms with van der Waals surface area (Å²) in [6, 6.07) is 9.30. The first-order chi connectivity index (χ1) is 13.0. The second-order valence-electron chi connectivity index (χ2n) is 5.47. The molecule has 0 unspecified atom stereocenters. The highest BCUT2D eigenvalue weighted by Crippen LogP contribution is 2.18. The van der Waals surface area contributed by atoms with Crippen molar-refractivity contribution in [3.63, 3.8) is 0 Å². The number of esters is 1. The molecule has 3 aromatic rings. The van der Waals surface area contributed by atoms with Crippen molar-refractivity contribution in [3.8, 4) is 17.2 Å². The van der Waals surface area contributed by atoms with E-state index < -0.39 is 29.9 Å². The topological polar surface area (TPSA) is 83.6 Å². The zero-order valence-corrected chi connectivity index (χ0v) is 14.1. The number of carbonyl (C=O) groups excluding carboxylic acids is 1. The van der Waals surface area contributed by atoms with Crippen molar-refractivity contribution >= 4 is 5.97 Å². The first-order valence-electron chi connectivity index (χ1n) is 7.78. The average molecular weight is 376 g/mol. The Kier molecular flexibility index (Phi) is 5.30. The van der Waals surface area contributed by atoms with Crippen LogP contribution in [0.5, 0.6) is 5.75 Å². The zero-order chi connectivity index (χ0) is 19.4. The summed E-state index contributed by atoms with van der Waals surface area (Å²) in [4.78, 5) is 23.7. The first-order valence-corrected chi connectivity index (χ1v) is 7.78. The maximum Gasteiger partial charge on any atom is 0.437 e. The van der Waals surface area contributed by atoms with Crippen LogP contribution in [0.1, 0.15) is 5.56 Å². The van der Waals surface area contributed by atoms with Crippen LogP contribution < -0.4 is 10.5 Å². The smallest absolute Gasteiger partial charge is 0.437 e. The van der Waals surface area contributed by atoms with Crippen molar-refractivity contribution in [2.24, 2.45) is 0 Å². The summed E-state index contributed by atoms with van der Waals surface area (Å²) in [7, 11) is 1.34. The maximum atomic E-state index is 13.6. The van der Waals surface area contributed by atoms with Crippen LogP contribution in [-0.2, 0) is 22.7 Å². The number of nitrogens with zero attached hydrogens (tertiary/aromatic N) is 2. The Morgan fingerprint density at radius 3 is 2.59 bits per heavy atom. The average Bonchev–Trinajstić information content (AvgIpc) is 3.01. The van der Waals surface area contributed by atoms with E-state index in [9.17, 15) is 18.4 Å². The number of methoxy groups -OCH3 is 1. The minimum absolute atomic E-state index is 0.0509. The van der Waals surface area contributed by atoms with Crippen LogP contribution in [0.4, 0.5) is 8.78 Å². The molecule has 140 valence electrons. The lowest BCUT2D eigenvalue weighted by Gasteiger charge is -2.06. The van der Waals surface area contributed by atoms with E-state index >= 15 is 0 Å². The van der Waals surface area contributed by atoms with Gasteiger partial charge in [0.25, 0.3) is 0 Å². The molecule has 0 aliphatic heterocycles. The fourth-order valence-electron chi connectivity index (χ4n) is 2.25. The monoisotopic (exact) mass is 376 g/mol. The molecule has 0 saturated heterocycles. The van der Waals surface area contributed by atoms with E-state index in [0.717, 1.165) is 4.68 Å². The highest BCUT2D eigenvalue weighted by molar-refractivity contribution is 5.69. The highest BCUT2D eigenvalue weighted by Gasteiger charge is 2.14.